The van der Waals surface area contributed by atoms with E-state index in [2.05, 4.69) is 62.8 Å². The molecule has 5 nitrogen and oxygen atoms in total. The molecule has 0 atom stereocenters. The Balaban J connectivity index is 2.56. The van der Waals surface area contributed by atoms with E-state index in [-0.39, 0.29) is 0 Å². The lowest BCUT2D eigenvalue weighted by Gasteiger charge is -2.11. The SMILES string of the molecule is CNCc1nnnn1-c1c(C)cc(Br)cc1C. The lowest BCUT2D eigenvalue weighted by molar-refractivity contribution is 0.704. The van der Waals surface area contributed by atoms with Crippen molar-refractivity contribution in [3.8, 4) is 5.69 Å². The quantitative estimate of drug-likeness (QED) is 0.937. The first-order chi connectivity index (χ1) is 8.13. The third-order valence-corrected chi connectivity index (χ3v) is 2.99. The van der Waals surface area contributed by atoms with E-state index in [9.17, 15) is 0 Å². The molecule has 0 saturated heterocycles. The van der Waals surface area contributed by atoms with E-state index >= 15 is 0 Å². The van der Waals surface area contributed by atoms with E-state index in [0.717, 1.165) is 27.1 Å². The van der Waals surface area contributed by atoms with Crippen LogP contribution in [0.2, 0.25) is 0 Å². The molecule has 0 bridgehead atoms. The molecule has 0 amide bonds. The molecule has 6 heteroatoms. The molecule has 0 aliphatic rings. The van der Waals surface area contributed by atoms with Crippen molar-refractivity contribution in [3.63, 3.8) is 0 Å². The van der Waals surface area contributed by atoms with Gasteiger partial charge in [0.05, 0.1) is 12.2 Å². The Bertz CT molecular complexity index is 511. The Labute approximate surface area is 108 Å². The first-order valence-electron chi connectivity index (χ1n) is 5.32. The molecule has 17 heavy (non-hydrogen) atoms. The van der Waals surface area contributed by atoms with Gasteiger partial charge in [0.1, 0.15) is 0 Å². The lowest BCUT2D eigenvalue weighted by Crippen LogP contribution is -2.13. The van der Waals surface area contributed by atoms with Crippen LogP contribution in [0.15, 0.2) is 16.6 Å². The van der Waals surface area contributed by atoms with E-state index in [4.69, 9.17) is 0 Å². The summed E-state index contributed by atoms with van der Waals surface area (Å²) in [6.07, 6.45) is 0. The highest BCUT2D eigenvalue weighted by atomic mass is 79.9. The van der Waals surface area contributed by atoms with Gasteiger partial charge in [-0.05, 0) is 54.6 Å². The zero-order valence-electron chi connectivity index (χ0n) is 10.0. The van der Waals surface area contributed by atoms with Crippen LogP contribution >= 0.6 is 15.9 Å². The lowest BCUT2D eigenvalue weighted by atomic mass is 10.1. The van der Waals surface area contributed by atoms with Crippen LogP contribution in [0.25, 0.3) is 5.69 Å². The molecule has 0 spiro atoms. The van der Waals surface area contributed by atoms with Crippen molar-refractivity contribution in [2.45, 2.75) is 20.4 Å². The van der Waals surface area contributed by atoms with Gasteiger partial charge in [-0.15, -0.1) is 5.10 Å². The number of nitrogens with zero attached hydrogens (tertiary/aromatic N) is 4. The second kappa shape index (κ2) is 4.93. The van der Waals surface area contributed by atoms with Crippen molar-refractivity contribution in [1.82, 2.24) is 25.5 Å². The Morgan fingerprint density at radius 1 is 1.29 bits per heavy atom. The Morgan fingerprint density at radius 3 is 2.53 bits per heavy atom. The molecule has 2 aromatic rings. The molecule has 1 aromatic heterocycles. The smallest absolute Gasteiger partial charge is 0.170 e. The van der Waals surface area contributed by atoms with Crippen LogP contribution in [0, 0.1) is 13.8 Å². The molecule has 0 radical (unpaired) electrons. The number of hydrogen-bond acceptors (Lipinski definition) is 4. The van der Waals surface area contributed by atoms with Gasteiger partial charge >= 0.3 is 0 Å². The summed E-state index contributed by atoms with van der Waals surface area (Å²) in [7, 11) is 1.88. The highest BCUT2D eigenvalue weighted by Crippen LogP contribution is 2.23. The van der Waals surface area contributed by atoms with Crippen molar-refractivity contribution in [1.29, 1.82) is 0 Å². The van der Waals surface area contributed by atoms with E-state index in [0.29, 0.717) is 6.54 Å². The number of rotatable bonds is 3. The standard InChI is InChI=1S/C11H14BrN5/c1-7-4-9(12)5-8(2)11(7)17-10(6-13-3)14-15-16-17/h4-5,13H,6H2,1-3H3. The molecule has 90 valence electrons. The van der Waals surface area contributed by atoms with Crippen molar-refractivity contribution in [3.05, 3.63) is 33.6 Å². The van der Waals surface area contributed by atoms with E-state index in [1.54, 1.807) is 4.68 Å². The number of benzene rings is 1. The van der Waals surface area contributed by atoms with E-state index in [1.807, 2.05) is 7.05 Å². The Morgan fingerprint density at radius 2 is 1.94 bits per heavy atom. The average Bonchev–Trinajstić information content (AvgIpc) is 2.65. The second-order valence-electron chi connectivity index (χ2n) is 3.93. The second-order valence-corrected chi connectivity index (χ2v) is 4.84. The predicted molar refractivity (Wildman–Crippen MR) is 69.1 cm³/mol. The first kappa shape index (κ1) is 12.2. The fourth-order valence-electron chi connectivity index (χ4n) is 1.88. The number of hydrogen-bond donors (Lipinski definition) is 1. The molecular formula is C11H14BrN5. The molecule has 1 heterocycles. The van der Waals surface area contributed by atoms with Gasteiger partial charge in [-0.1, -0.05) is 15.9 Å². The highest BCUT2D eigenvalue weighted by Gasteiger charge is 2.12. The maximum Gasteiger partial charge on any atom is 0.170 e. The van der Waals surface area contributed by atoms with Gasteiger partial charge < -0.3 is 5.32 Å². The summed E-state index contributed by atoms with van der Waals surface area (Å²) in [5.41, 5.74) is 3.33. The van der Waals surface area contributed by atoms with Crippen LogP contribution in [0.5, 0.6) is 0 Å². The third-order valence-electron chi connectivity index (χ3n) is 2.54. The predicted octanol–water partition coefficient (Wildman–Crippen LogP) is 1.76. The maximum absolute atomic E-state index is 4.06. The van der Waals surface area contributed by atoms with Crippen LogP contribution in [-0.4, -0.2) is 27.3 Å². The number of tetrazole rings is 1. The van der Waals surface area contributed by atoms with Crippen molar-refractivity contribution >= 4 is 15.9 Å². The molecular weight excluding hydrogens is 282 g/mol. The minimum atomic E-state index is 0.641. The molecule has 0 saturated carbocycles. The minimum absolute atomic E-state index is 0.641. The Kier molecular flexibility index (Phi) is 3.54. The van der Waals surface area contributed by atoms with Gasteiger partial charge in [0, 0.05) is 4.47 Å². The Hall–Kier alpha value is -1.27. The van der Waals surface area contributed by atoms with Crippen molar-refractivity contribution < 1.29 is 0 Å². The first-order valence-corrected chi connectivity index (χ1v) is 6.11. The molecule has 0 aliphatic heterocycles. The fourth-order valence-corrected chi connectivity index (χ4v) is 2.57. The number of aromatic nitrogens is 4. The van der Waals surface area contributed by atoms with E-state index in [1.165, 1.54) is 0 Å². The summed E-state index contributed by atoms with van der Waals surface area (Å²) >= 11 is 3.49. The summed E-state index contributed by atoms with van der Waals surface area (Å²) in [6, 6.07) is 4.13. The van der Waals surface area contributed by atoms with Crippen LogP contribution in [-0.2, 0) is 6.54 Å². The molecule has 1 aromatic carbocycles. The van der Waals surface area contributed by atoms with Gasteiger partial charge in [-0.2, -0.15) is 4.68 Å². The summed E-state index contributed by atoms with van der Waals surface area (Å²) in [5, 5.41) is 14.9. The average molecular weight is 296 g/mol. The zero-order valence-corrected chi connectivity index (χ0v) is 11.6. The summed E-state index contributed by atoms with van der Waals surface area (Å²) in [6.45, 7) is 4.75. The van der Waals surface area contributed by atoms with Crippen LogP contribution in [0.4, 0.5) is 0 Å². The topological polar surface area (TPSA) is 55.6 Å². The van der Waals surface area contributed by atoms with E-state index < -0.39 is 0 Å². The molecule has 2 rings (SSSR count). The van der Waals surface area contributed by atoms with Crippen LogP contribution in [0.3, 0.4) is 0 Å². The van der Waals surface area contributed by atoms with Gasteiger partial charge in [0.2, 0.25) is 0 Å². The minimum Gasteiger partial charge on any atom is -0.313 e. The van der Waals surface area contributed by atoms with Gasteiger partial charge in [-0.3, -0.25) is 0 Å². The maximum atomic E-state index is 4.06. The molecule has 0 aliphatic carbocycles. The zero-order chi connectivity index (χ0) is 12.4. The molecule has 1 N–H and O–H groups in total. The van der Waals surface area contributed by atoms with Gasteiger partial charge in [0.25, 0.3) is 0 Å². The van der Waals surface area contributed by atoms with Crippen molar-refractivity contribution in [2.24, 2.45) is 0 Å². The number of halogens is 1. The van der Waals surface area contributed by atoms with Gasteiger partial charge in [0.15, 0.2) is 5.82 Å². The largest absolute Gasteiger partial charge is 0.313 e. The summed E-state index contributed by atoms with van der Waals surface area (Å²) in [5.74, 6) is 0.807. The van der Waals surface area contributed by atoms with Crippen LogP contribution < -0.4 is 5.32 Å². The monoisotopic (exact) mass is 295 g/mol. The fraction of sp³-hybridized carbons (Fsp3) is 0.364. The van der Waals surface area contributed by atoms with Crippen molar-refractivity contribution in [2.75, 3.05) is 7.05 Å². The molecule has 0 unspecified atom stereocenters. The number of nitrogens with one attached hydrogen (secondary N) is 1. The normalized spacial score (nSPS) is 10.8. The summed E-state index contributed by atoms with van der Waals surface area (Å²) in [4.78, 5) is 0. The third kappa shape index (κ3) is 2.37. The number of aryl methyl sites for hydroxylation is 2. The summed E-state index contributed by atoms with van der Waals surface area (Å²) < 4.78 is 2.85. The van der Waals surface area contributed by atoms with Gasteiger partial charge in [-0.25, -0.2) is 0 Å². The molecule has 0 fully saturated rings. The highest BCUT2D eigenvalue weighted by molar-refractivity contribution is 9.10. The van der Waals surface area contributed by atoms with Crippen LogP contribution in [0.1, 0.15) is 17.0 Å².